The average Bonchev–Trinajstić information content (AvgIpc) is 2.48. The van der Waals surface area contributed by atoms with Gasteiger partial charge in [-0.2, -0.15) is 4.31 Å². The van der Waals surface area contributed by atoms with Gasteiger partial charge in [-0.15, -0.1) is 0 Å². The third-order valence-corrected chi connectivity index (χ3v) is 5.27. The van der Waals surface area contributed by atoms with Crippen LogP contribution in [0.15, 0.2) is 29.2 Å². The first-order chi connectivity index (χ1) is 10.8. The highest BCUT2D eigenvalue weighted by Gasteiger charge is 2.21. The molecule has 8 heteroatoms. The van der Waals surface area contributed by atoms with Gasteiger partial charge in [0.2, 0.25) is 15.9 Å². The maximum absolute atomic E-state index is 12.3. The summed E-state index contributed by atoms with van der Waals surface area (Å²) in [4.78, 5) is 11.9. The van der Waals surface area contributed by atoms with Crippen LogP contribution < -0.4 is 10.6 Å². The van der Waals surface area contributed by atoms with Gasteiger partial charge in [-0.3, -0.25) is 4.79 Å². The molecule has 0 saturated carbocycles. The molecule has 0 radical (unpaired) electrons. The molecule has 3 N–H and O–H groups in total. The van der Waals surface area contributed by atoms with Crippen LogP contribution in [0, 0.1) is 0 Å². The zero-order valence-electron chi connectivity index (χ0n) is 13.7. The Bertz CT molecular complexity index is 596. The standard InChI is InChI=1S/C15H25N3O4S/c1-4-18(5-2)23(21,22)14-8-6-13(7-9-14)17-15(20)11-16-10-12(3)19/h6-9,12,16,19H,4-5,10-11H2,1-3H3,(H,17,20)/t12-/m1/s1. The Morgan fingerprint density at radius 3 is 2.26 bits per heavy atom. The van der Waals surface area contributed by atoms with Gasteiger partial charge >= 0.3 is 0 Å². The van der Waals surface area contributed by atoms with Crippen molar-refractivity contribution in [3.63, 3.8) is 0 Å². The van der Waals surface area contributed by atoms with Gasteiger partial charge in [-0.25, -0.2) is 8.42 Å². The number of sulfonamides is 1. The number of anilines is 1. The van der Waals surface area contributed by atoms with Crippen molar-refractivity contribution in [2.45, 2.75) is 31.8 Å². The highest BCUT2D eigenvalue weighted by molar-refractivity contribution is 7.89. The highest BCUT2D eigenvalue weighted by Crippen LogP contribution is 2.18. The van der Waals surface area contributed by atoms with E-state index < -0.39 is 16.1 Å². The second-order valence-electron chi connectivity index (χ2n) is 5.14. The molecule has 0 aliphatic heterocycles. The molecular formula is C15H25N3O4S. The van der Waals surface area contributed by atoms with E-state index in [0.29, 0.717) is 25.3 Å². The number of carbonyl (C=O) groups excluding carboxylic acids is 1. The molecule has 23 heavy (non-hydrogen) atoms. The Hall–Kier alpha value is -1.48. The lowest BCUT2D eigenvalue weighted by molar-refractivity contribution is -0.115. The lowest BCUT2D eigenvalue weighted by Gasteiger charge is -2.18. The Balaban J connectivity index is 2.68. The SMILES string of the molecule is CCN(CC)S(=O)(=O)c1ccc(NC(=O)CNC[C@@H](C)O)cc1. The molecule has 130 valence electrons. The van der Waals surface area contributed by atoms with E-state index in [1.807, 2.05) is 0 Å². The summed E-state index contributed by atoms with van der Waals surface area (Å²) in [7, 11) is -3.49. The number of rotatable bonds is 9. The lowest BCUT2D eigenvalue weighted by atomic mass is 10.3. The fourth-order valence-corrected chi connectivity index (χ4v) is 3.48. The Morgan fingerprint density at radius 1 is 1.22 bits per heavy atom. The summed E-state index contributed by atoms with van der Waals surface area (Å²) in [5.74, 6) is -0.259. The maximum atomic E-state index is 12.3. The molecule has 1 aromatic rings. The fraction of sp³-hybridized carbons (Fsp3) is 0.533. The summed E-state index contributed by atoms with van der Waals surface area (Å²) in [6.45, 7) is 6.42. The molecule has 0 aliphatic carbocycles. The van der Waals surface area contributed by atoms with Crippen LogP contribution in [0.1, 0.15) is 20.8 Å². The summed E-state index contributed by atoms with van der Waals surface area (Å²) in [5.41, 5.74) is 0.521. The number of nitrogens with zero attached hydrogens (tertiary/aromatic N) is 1. The normalized spacial score (nSPS) is 13.1. The second-order valence-corrected chi connectivity index (χ2v) is 7.08. The second kappa shape index (κ2) is 8.97. The van der Waals surface area contributed by atoms with E-state index in [2.05, 4.69) is 10.6 Å². The van der Waals surface area contributed by atoms with Crippen LogP contribution in [0.25, 0.3) is 0 Å². The van der Waals surface area contributed by atoms with E-state index in [9.17, 15) is 13.2 Å². The minimum atomic E-state index is -3.49. The molecule has 0 bridgehead atoms. The molecule has 1 rings (SSSR count). The predicted octanol–water partition coefficient (Wildman–Crippen LogP) is 0.626. The molecule has 0 saturated heterocycles. The van der Waals surface area contributed by atoms with Crippen LogP contribution >= 0.6 is 0 Å². The van der Waals surface area contributed by atoms with E-state index in [1.165, 1.54) is 16.4 Å². The third kappa shape index (κ3) is 5.91. The van der Waals surface area contributed by atoms with Crippen LogP contribution in [-0.2, 0) is 14.8 Å². The van der Waals surface area contributed by atoms with E-state index in [0.717, 1.165) is 0 Å². The van der Waals surface area contributed by atoms with Crippen molar-refractivity contribution >= 4 is 21.6 Å². The quantitative estimate of drug-likeness (QED) is 0.611. The molecule has 0 unspecified atom stereocenters. The molecule has 1 amide bonds. The topological polar surface area (TPSA) is 98.7 Å². The van der Waals surface area contributed by atoms with Crippen LogP contribution in [0.3, 0.4) is 0 Å². The van der Waals surface area contributed by atoms with Crippen LogP contribution in [0.4, 0.5) is 5.69 Å². The molecule has 0 fully saturated rings. The minimum absolute atomic E-state index is 0.0738. The number of hydrogen-bond acceptors (Lipinski definition) is 5. The van der Waals surface area contributed by atoms with Gasteiger partial charge in [0.05, 0.1) is 17.5 Å². The van der Waals surface area contributed by atoms with E-state index in [1.54, 1.807) is 32.9 Å². The number of aliphatic hydroxyl groups is 1. The van der Waals surface area contributed by atoms with Gasteiger partial charge < -0.3 is 15.7 Å². The molecule has 0 heterocycles. The zero-order valence-corrected chi connectivity index (χ0v) is 14.6. The monoisotopic (exact) mass is 343 g/mol. The first-order valence-electron chi connectivity index (χ1n) is 7.60. The highest BCUT2D eigenvalue weighted by atomic mass is 32.2. The Morgan fingerprint density at radius 2 is 1.78 bits per heavy atom. The van der Waals surface area contributed by atoms with Crippen LogP contribution in [-0.4, -0.2) is 56.0 Å². The number of amides is 1. The average molecular weight is 343 g/mol. The Kier molecular flexibility index (Phi) is 7.63. The van der Waals surface area contributed by atoms with Crippen molar-refractivity contribution in [3.8, 4) is 0 Å². The summed E-state index contributed by atoms with van der Waals surface area (Å²) in [6.07, 6.45) is -0.521. The van der Waals surface area contributed by atoms with Gasteiger partial charge in [-0.05, 0) is 31.2 Å². The van der Waals surface area contributed by atoms with Gasteiger partial charge in [0.15, 0.2) is 0 Å². The molecule has 0 aliphatic rings. The van der Waals surface area contributed by atoms with Gasteiger partial charge in [0.25, 0.3) is 0 Å². The van der Waals surface area contributed by atoms with Gasteiger partial charge in [-0.1, -0.05) is 13.8 Å². The van der Waals surface area contributed by atoms with Crippen molar-refractivity contribution < 1.29 is 18.3 Å². The van der Waals surface area contributed by atoms with Crippen LogP contribution in [0.5, 0.6) is 0 Å². The zero-order chi connectivity index (χ0) is 17.5. The molecule has 1 aromatic carbocycles. The van der Waals surface area contributed by atoms with Crippen molar-refractivity contribution in [2.24, 2.45) is 0 Å². The summed E-state index contributed by atoms with van der Waals surface area (Å²) < 4.78 is 26.1. The largest absolute Gasteiger partial charge is 0.392 e. The molecule has 1 atom stereocenters. The van der Waals surface area contributed by atoms with E-state index in [4.69, 9.17) is 5.11 Å². The lowest BCUT2D eigenvalue weighted by Crippen LogP contribution is -2.32. The van der Waals surface area contributed by atoms with E-state index in [-0.39, 0.29) is 17.3 Å². The smallest absolute Gasteiger partial charge is 0.243 e. The molecule has 7 nitrogen and oxygen atoms in total. The van der Waals surface area contributed by atoms with Crippen molar-refractivity contribution in [2.75, 3.05) is 31.5 Å². The van der Waals surface area contributed by atoms with Gasteiger partial charge in [0, 0.05) is 25.3 Å². The van der Waals surface area contributed by atoms with E-state index >= 15 is 0 Å². The molecular weight excluding hydrogens is 318 g/mol. The number of carbonyl (C=O) groups is 1. The first kappa shape index (κ1) is 19.6. The first-order valence-corrected chi connectivity index (χ1v) is 9.04. The predicted molar refractivity (Wildman–Crippen MR) is 89.7 cm³/mol. The van der Waals surface area contributed by atoms with Crippen molar-refractivity contribution in [1.29, 1.82) is 0 Å². The maximum Gasteiger partial charge on any atom is 0.243 e. The summed E-state index contributed by atoms with van der Waals surface area (Å²) in [5, 5.41) is 14.6. The minimum Gasteiger partial charge on any atom is -0.392 e. The third-order valence-electron chi connectivity index (χ3n) is 3.21. The van der Waals surface area contributed by atoms with Crippen molar-refractivity contribution in [3.05, 3.63) is 24.3 Å². The number of benzene rings is 1. The van der Waals surface area contributed by atoms with Crippen LogP contribution in [0.2, 0.25) is 0 Å². The molecule has 0 aromatic heterocycles. The number of aliphatic hydroxyl groups excluding tert-OH is 1. The van der Waals surface area contributed by atoms with Gasteiger partial charge in [0.1, 0.15) is 0 Å². The molecule has 0 spiro atoms. The fourth-order valence-electron chi connectivity index (χ4n) is 2.02. The number of nitrogens with one attached hydrogen (secondary N) is 2. The van der Waals surface area contributed by atoms with Crippen molar-refractivity contribution in [1.82, 2.24) is 9.62 Å². The number of hydrogen-bond donors (Lipinski definition) is 3. The Labute approximate surface area is 137 Å². The summed E-state index contributed by atoms with van der Waals surface area (Å²) in [6, 6.07) is 6.07. The summed E-state index contributed by atoms with van der Waals surface area (Å²) >= 11 is 0.